The van der Waals surface area contributed by atoms with E-state index < -0.39 is 0 Å². The summed E-state index contributed by atoms with van der Waals surface area (Å²) in [4.78, 5) is 21.9. The quantitative estimate of drug-likeness (QED) is 0.585. The average molecular weight is 423 g/mol. The van der Waals surface area contributed by atoms with E-state index in [1.807, 2.05) is 62.2 Å². The molecule has 0 saturated carbocycles. The SMILES string of the molecule is CCOc1ccc(CC(=O)N2CCN(c3nc4ccccc4n3C)CC2)cc1OCC. The normalized spacial score (nSPS) is 14.2. The summed E-state index contributed by atoms with van der Waals surface area (Å²) in [6.07, 6.45) is 0.360. The van der Waals surface area contributed by atoms with Gasteiger partial charge in [-0.1, -0.05) is 18.2 Å². The molecule has 4 rings (SSSR count). The van der Waals surface area contributed by atoms with Crippen molar-refractivity contribution in [2.24, 2.45) is 7.05 Å². The van der Waals surface area contributed by atoms with Crippen LogP contribution in [0.5, 0.6) is 11.5 Å². The zero-order valence-electron chi connectivity index (χ0n) is 18.5. The number of aryl methyl sites for hydroxylation is 1. The molecule has 0 radical (unpaired) electrons. The van der Waals surface area contributed by atoms with E-state index in [-0.39, 0.29) is 5.91 Å². The fourth-order valence-corrected chi connectivity index (χ4v) is 4.06. The van der Waals surface area contributed by atoms with E-state index in [4.69, 9.17) is 14.5 Å². The number of rotatable bonds is 7. The van der Waals surface area contributed by atoms with Crippen molar-refractivity contribution in [2.75, 3.05) is 44.3 Å². The maximum Gasteiger partial charge on any atom is 0.227 e. The molecule has 0 N–H and O–H groups in total. The third-order valence-corrected chi connectivity index (χ3v) is 5.64. The second-order valence-electron chi connectivity index (χ2n) is 7.65. The van der Waals surface area contributed by atoms with Crippen LogP contribution in [0.4, 0.5) is 5.95 Å². The Morgan fingerprint density at radius 1 is 0.968 bits per heavy atom. The highest BCUT2D eigenvalue weighted by Crippen LogP contribution is 2.29. The summed E-state index contributed by atoms with van der Waals surface area (Å²) in [7, 11) is 2.05. The second kappa shape index (κ2) is 9.29. The zero-order valence-corrected chi connectivity index (χ0v) is 18.5. The Morgan fingerprint density at radius 2 is 1.68 bits per heavy atom. The molecule has 1 aromatic heterocycles. The summed E-state index contributed by atoms with van der Waals surface area (Å²) in [6.45, 7) is 7.95. The Balaban J connectivity index is 1.39. The minimum Gasteiger partial charge on any atom is -0.490 e. The molecular weight excluding hydrogens is 392 g/mol. The van der Waals surface area contributed by atoms with Crippen LogP contribution in [0.15, 0.2) is 42.5 Å². The van der Waals surface area contributed by atoms with Crippen molar-refractivity contribution in [1.82, 2.24) is 14.5 Å². The van der Waals surface area contributed by atoms with Gasteiger partial charge in [0, 0.05) is 33.2 Å². The maximum atomic E-state index is 12.9. The van der Waals surface area contributed by atoms with Crippen LogP contribution in [-0.2, 0) is 18.3 Å². The molecule has 3 aromatic rings. The molecule has 0 aliphatic carbocycles. The number of imidazole rings is 1. The van der Waals surface area contributed by atoms with Crippen molar-refractivity contribution < 1.29 is 14.3 Å². The van der Waals surface area contributed by atoms with Crippen LogP contribution in [0.1, 0.15) is 19.4 Å². The number of piperazine rings is 1. The van der Waals surface area contributed by atoms with Gasteiger partial charge in [-0.25, -0.2) is 4.98 Å². The molecule has 7 heteroatoms. The van der Waals surface area contributed by atoms with Gasteiger partial charge in [-0.05, 0) is 43.7 Å². The Bertz CT molecular complexity index is 1050. The standard InChI is InChI=1S/C24H30N4O3/c1-4-30-21-11-10-18(16-22(21)31-5-2)17-23(29)27-12-14-28(15-13-27)24-25-19-8-6-7-9-20(19)26(24)3/h6-11,16H,4-5,12-15,17H2,1-3H3. The first kappa shape index (κ1) is 21.0. The number of para-hydroxylation sites is 2. The Kier molecular flexibility index (Phi) is 6.30. The van der Waals surface area contributed by atoms with Gasteiger partial charge in [-0.3, -0.25) is 4.79 Å². The smallest absolute Gasteiger partial charge is 0.227 e. The molecule has 2 aromatic carbocycles. The molecule has 1 fully saturated rings. The van der Waals surface area contributed by atoms with Crippen LogP contribution in [0.25, 0.3) is 11.0 Å². The molecule has 1 amide bonds. The van der Waals surface area contributed by atoms with Gasteiger partial charge in [0.1, 0.15) is 0 Å². The lowest BCUT2D eigenvalue weighted by molar-refractivity contribution is -0.130. The van der Waals surface area contributed by atoms with Gasteiger partial charge in [-0.15, -0.1) is 0 Å². The molecule has 164 valence electrons. The van der Waals surface area contributed by atoms with Gasteiger partial charge in [0.15, 0.2) is 11.5 Å². The highest BCUT2D eigenvalue weighted by atomic mass is 16.5. The van der Waals surface area contributed by atoms with Crippen LogP contribution in [0.2, 0.25) is 0 Å². The molecule has 0 unspecified atom stereocenters. The summed E-state index contributed by atoms with van der Waals surface area (Å²) < 4.78 is 13.4. The van der Waals surface area contributed by atoms with E-state index in [9.17, 15) is 4.79 Å². The average Bonchev–Trinajstić information content (AvgIpc) is 3.13. The highest BCUT2D eigenvalue weighted by molar-refractivity contribution is 5.80. The molecule has 7 nitrogen and oxygen atoms in total. The van der Waals surface area contributed by atoms with Gasteiger partial charge in [0.05, 0.1) is 30.7 Å². The first-order valence-corrected chi connectivity index (χ1v) is 10.9. The number of nitrogens with zero attached hydrogens (tertiary/aromatic N) is 4. The van der Waals surface area contributed by atoms with Crippen LogP contribution in [0, 0.1) is 0 Å². The van der Waals surface area contributed by atoms with Gasteiger partial charge in [0.25, 0.3) is 0 Å². The molecule has 1 saturated heterocycles. The molecule has 1 aliphatic rings. The number of hydrogen-bond donors (Lipinski definition) is 0. The molecule has 2 heterocycles. The lowest BCUT2D eigenvalue weighted by atomic mass is 10.1. The van der Waals surface area contributed by atoms with Crippen LogP contribution >= 0.6 is 0 Å². The van der Waals surface area contributed by atoms with Crippen molar-refractivity contribution in [1.29, 1.82) is 0 Å². The summed E-state index contributed by atoms with van der Waals surface area (Å²) >= 11 is 0. The Morgan fingerprint density at radius 3 is 2.39 bits per heavy atom. The van der Waals surface area contributed by atoms with Crippen LogP contribution in [0.3, 0.4) is 0 Å². The maximum absolute atomic E-state index is 12.9. The first-order chi connectivity index (χ1) is 15.1. The lowest BCUT2D eigenvalue weighted by Crippen LogP contribution is -2.49. The minimum absolute atomic E-state index is 0.135. The fraction of sp³-hybridized carbons (Fsp3) is 0.417. The highest BCUT2D eigenvalue weighted by Gasteiger charge is 2.24. The summed E-state index contributed by atoms with van der Waals surface area (Å²) in [5.74, 6) is 2.51. The van der Waals surface area contributed by atoms with Gasteiger partial charge in [0.2, 0.25) is 11.9 Å². The second-order valence-corrected chi connectivity index (χ2v) is 7.65. The first-order valence-electron chi connectivity index (χ1n) is 10.9. The van der Waals surface area contributed by atoms with Gasteiger partial charge < -0.3 is 23.8 Å². The number of aromatic nitrogens is 2. The Labute approximate surface area is 183 Å². The third kappa shape index (κ3) is 4.45. The van der Waals surface area contributed by atoms with Crippen molar-refractivity contribution >= 4 is 22.9 Å². The van der Waals surface area contributed by atoms with Crippen molar-refractivity contribution in [3.8, 4) is 11.5 Å². The van der Waals surface area contributed by atoms with Crippen LogP contribution in [-0.4, -0.2) is 59.8 Å². The van der Waals surface area contributed by atoms with E-state index in [1.165, 1.54) is 0 Å². The number of anilines is 1. The van der Waals surface area contributed by atoms with Gasteiger partial charge >= 0.3 is 0 Å². The number of carbonyl (C=O) groups is 1. The zero-order chi connectivity index (χ0) is 21.8. The topological polar surface area (TPSA) is 59.8 Å². The molecule has 0 bridgehead atoms. The lowest BCUT2D eigenvalue weighted by Gasteiger charge is -2.35. The molecule has 31 heavy (non-hydrogen) atoms. The third-order valence-electron chi connectivity index (χ3n) is 5.64. The van der Waals surface area contributed by atoms with Crippen molar-refractivity contribution in [2.45, 2.75) is 20.3 Å². The van der Waals surface area contributed by atoms with Crippen LogP contribution < -0.4 is 14.4 Å². The fourth-order valence-electron chi connectivity index (χ4n) is 4.06. The number of benzene rings is 2. The number of fused-ring (bicyclic) bond motifs is 1. The summed E-state index contributed by atoms with van der Waals surface area (Å²) in [5, 5.41) is 0. The number of amides is 1. The molecular formula is C24H30N4O3. The number of ether oxygens (including phenoxy) is 2. The van der Waals surface area contributed by atoms with E-state index in [0.717, 1.165) is 41.4 Å². The molecule has 1 aliphatic heterocycles. The predicted octanol–water partition coefficient (Wildman–Crippen LogP) is 3.26. The molecule has 0 spiro atoms. The van der Waals surface area contributed by atoms with E-state index in [0.29, 0.717) is 38.5 Å². The number of carbonyl (C=O) groups excluding carboxylic acids is 1. The summed E-state index contributed by atoms with van der Waals surface area (Å²) in [5.41, 5.74) is 3.06. The van der Waals surface area contributed by atoms with Crippen molar-refractivity contribution in [3.05, 3.63) is 48.0 Å². The molecule has 0 atom stereocenters. The largest absolute Gasteiger partial charge is 0.490 e. The Hall–Kier alpha value is -3.22. The predicted molar refractivity (Wildman–Crippen MR) is 122 cm³/mol. The number of hydrogen-bond acceptors (Lipinski definition) is 5. The van der Waals surface area contributed by atoms with E-state index in [1.54, 1.807) is 0 Å². The van der Waals surface area contributed by atoms with Crippen molar-refractivity contribution in [3.63, 3.8) is 0 Å². The monoisotopic (exact) mass is 422 g/mol. The van der Waals surface area contributed by atoms with Gasteiger partial charge in [-0.2, -0.15) is 0 Å². The minimum atomic E-state index is 0.135. The van der Waals surface area contributed by atoms with E-state index in [2.05, 4.69) is 15.5 Å². The van der Waals surface area contributed by atoms with E-state index >= 15 is 0 Å². The summed E-state index contributed by atoms with van der Waals surface area (Å²) in [6, 6.07) is 13.9.